The SMILES string of the molecule is CC(=O)c1ccc2[nH]c3ncnc(NCCN)c3c2c1. The van der Waals surface area contributed by atoms with Gasteiger partial charge >= 0.3 is 0 Å². The highest BCUT2D eigenvalue weighted by molar-refractivity contribution is 6.13. The molecule has 0 unspecified atom stereocenters. The number of nitrogens with one attached hydrogen (secondary N) is 2. The first-order valence-electron chi connectivity index (χ1n) is 6.42. The summed E-state index contributed by atoms with van der Waals surface area (Å²) < 4.78 is 0. The van der Waals surface area contributed by atoms with Gasteiger partial charge in [-0.1, -0.05) is 0 Å². The molecular weight excluding hydrogens is 254 g/mol. The average molecular weight is 269 g/mol. The Morgan fingerprint density at radius 2 is 2.25 bits per heavy atom. The number of benzene rings is 1. The first kappa shape index (κ1) is 12.6. The number of nitrogens with two attached hydrogens (primary N) is 1. The number of nitrogens with zero attached hydrogens (tertiary/aromatic N) is 2. The number of H-pyrrole nitrogens is 1. The Kier molecular flexibility index (Phi) is 3.08. The van der Waals surface area contributed by atoms with Crippen molar-refractivity contribution in [3.05, 3.63) is 30.1 Å². The van der Waals surface area contributed by atoms with Crippen LogP contribution in [0.2, 0.25) is 0 Å². The Bertz CT molecular complexity index is 793. The second kappa shape index (κ2) is 4.90. The van der Waals surface area contributed by atoms with Crippen molar-refractivity contribution in [3.63, 3.8) is 0 Å². The Hall–Kier alpha value is -2.47. The molecule has 0 fully saturated rings. The summed E-state index contributed by atoms with van der Waals surface area (Å²) in [5.41, 5.74) is 7.86. The molecule has 3 rings (SSSR count). The second-order valence-corrected chi connectivity index (χ2v) is 4.60. The van der Waals surface area contributed by atoms with Gasteiger partial charge in [0.25, 0.3) is 0 Å². The van der Waals surface area contributed by atoms with Crippen molar-refractivity contribution in [2.24, 2.45) is 5.73 Å². The molecule has 102 valence electrons. The topological polar surface area (TPSA) is 96.7 Å². The van der Waals surface area contributed by atoms with Crippen LogP contribution in [0.15, 0.2) is 24.5 Å². The van der Waals surface area contributed by atoms with E-state index in [9.17, 15) is 4.79 Å². The minimum Gasteiger partial charge on any atom is -0.368 e. The van der Waals surface area contributed by atoms with E-state index in [1.165, 1.54) is 6.33 Å². The molecule has 2 heterocycles. The number of aromatic amines is 1. The molecule has 6 heteroatoms. The average Bonchev–Trinajstić information content (AvgIpc) is 2.83. The third-order valence-electron chi connectivity index (χ3n) is 3.23. The molecule has 0 bridgehead atoms. The smallest absolute Gasteiger partial charge is 0.159 e. The van der Waals surface area contributed by atoms with Gasteiger partial charge < -0.3 is 16.0 Å². The summed E-state index contributed by atoms with van der Waals surface area (Å²) in [6.45, 7) is 2.71. The molecule has 0 atom stereocenters. The molecule has 0 radical (unpaired) electrons. The molecule has 0 amide bonds. The molecular formula is C14H15N5O. The predicted molar refractivity (Wildman–Crippen MR) is 78.9 cm³/mol. The van der Waals surface area contributed by atoms with Gasteiger partial charge in [0, 0.05) is 29.6 Å². The van der Waals surface area contributed by atoms with E-state index < -0.39 is 0 Å². The Morgan fingerprint density at radius 1 is 1.40 bits per heavy atom. The van der Waals surface area contributed by atoms with Gasteiger partial charge in [0.1, 0.15) is 17.8 Å². The Labute approximate surface area is 115 Å². The van der Waals surface area contributed by atoms with Crippen LogP contribution in [0.25, 0.3) is 21.9 Å². The first-order valence-corrected chi connectivity index (χ1v) is 6.42. The van der Waals surface area contributed by atoms with Crippen LogP contribution in [0.3, 0.4) is 0 Å². The molecule has 1 aromatic carbocycles. The lowest BCUT2D eigenvalue weighted by Gasteiger charge is -2.04. The molecule has 0 aliphatic carbocycles. The Balaban J connectivity index is 2.27. The van der Waals surface area contributed by atoms with Crippen molar-refractivity contribution in [2.45, 2.75) is 6.92 Å². The summed E-state index contributed by atoms with van der Waals surface area (Å²) in [5, 5.41) is 5.01. The molecule has 0 saturated carbocycles. The molecule has 4 N–H and O–H groups in total. The molecule has 6 nitrogen and oxygen atoms in total. The van der Waals surface area contributed by atoms with E-state index >= 15 is 0 Å². The van der Waals surface area contributed by atoms with E-state index in [1.54, 1.807) is 13.0 Å². The number of carbonyl (C=O) groups excluding carboxylic acids is 1. The highest BCUT2D eigenvalue weighted by Crippen LogP contribution is 2.29. The summed E-state index contributed by atoms with van der Waals surface area (Å²) in [5.74, 6) is 0.766. The van der Waals surface area contributed by atoms with Crippen molar-refractivity contribution in [2.75, 3.05) is 18.4 Å². The third-order valence-corrected chi connectivity index (χ3v) is 3.23. The fraction of sp³-hybridized carbons (Fsp3) is 0.214. The zero-order valence-corrected chi connectivity index (χ0v) is 11.1. The van der Waals surface area contributed by atoms with Crippen molar-refractivity contribution >= 4 is 33.5 Å². The van der Waals surface area contributed by atoms with Gasteiger partial charge in [0.2, 0.25) is 0 Å². The van der Waals surface area contributed by atoms with Crippen LogP contribution in [0, 0.1) is 0 Å². The van der Waals surface area contributed by atoms with Crippen LogP contribution in [0.1, 0.15) is 17.3 Å². The second-order valence-electron chi connectivity index (χ2n) is 4.60. The lowest BCUT2D eigenvalue weighted by Crippen LogP contribution is -2.14. The van der Waals surface area contributed by atoms with Crippen LogP contribution >= 0.6 is 0 Å². The quantitative estimate of drug-likeness (QED) is 0.626. The van der Waals surface area contributed by atoms with Gasteiger partial charge in [-0.05, 0) is 25.1 Å². The van der Waals surface area contributed by atoms with E-state index in [-0.39, 0.29) is 5.78 Å². The third kappa shape index (κ3) is 2.00. The Morgan fingerprint density at radius 3 is 3.00 bits per heavy atom. The van der Waals surface area contributed by atoms with Gasteiger partial charge in [0.05, 0.1) is 5.39 Å². The fourth-order valence-corrected chi connectivity index (χ4v) is 2.27. The monoisotopic (exact) mass is 269 g/mol. The van der Waals surface area contributed by atoms with Gasteiger partial charge in [-0.15, -0.1) is 0 Å². The molecule has 0 spiro atoms. The number of hydrogen-bond acceptors (Lipinski definition) is 5. The van der Waals surface area contributed by atoms with Crippen molar-refractivity contribution < 1.29 is 4.79 Å². The van der Waals surface area contributed by atoms with Gasteiger partial charge in [0.15, 0.2) is 5.78 Å². The number of fused-ring (bicyclic) bond motifs is 3. The maximum atomic E-state index is 11.5. The first-order chi connectivity index (χ1) is 9.70. The molecule has 0 aliphatic heterocycles. The van der Waals surface area contributed by atoms with E-state index in [2.05, 4.69) is 20.3 Å². The summed E-state index contributed by atoms with van der Waals surface area (Å²) in [4.78, 5) is 23.3. The summed E-state index contributed by atoms with van der Waals surface area (Å²) >= 11 is 0. The van der Waals surface area contributed by atoms with Crippen LogP contribution < -0.4 is 11.1 Å². The van der Waals surface area contributed by atoms with Crippen molar-refractivity contribution in [1.29, 1.82) is 0 Å². The number of Topliss-reactive ketones (excluding diaryl/α,β-unsaturated/α-hetero) is 1. The maximum absolute atomic E-state index is 11.5. The molecule has 2 aromatic heterocycles. The van der Waals surface area contributed by atoms with Gasteiger partial charge in [-0.25, -0.2) is 9.97 Å². The number of ketones is 1. The number of hydrogen-bond donors (Lipinski definition) is 3. The lowest BCUT2D eigenvalue weighted by atomic mass is 10.1. The number of anilines is 1. The fourth-order valence-electron chi connectivity index (χ4n) is 2.27. The van der Waals surface area contributed by atoms with Gasteiger partial charge in [-0.2, -0.15) is 0 Å². The highest BCUT2D eigenvalue weighted by Gasteiger charge is 2.12. The van der Waals surface area contributed by atoms with E-state index in [0.29, 0.717) is 18.7 Å². The normalized spacial score (nSPS) is 11.1. The van der Waals surface area contributed by atoms with E-state index in [4.69, 9.17) is 5.73 Å². The minimum absolute atomic E-state index is 0.0366. The number of rotatable bonds is 4. The van der Waals surface area contributed by atoms with Crippen LogP contribution in [-0.4, -0.2) is 33.8 Å². The van der Waals surface area contributed by atoms with E-state index in [0.717, 1.165) is 27.8 Å². The van der Waals surface area contributed by atoms with Crippen LogP contribution in [0.4, 0.5) is 5.82 Å². The highest BCUT2D eigenvalue weighted by atomic mass is 16.1. The molecule has 20 heavy (non-hydrogen) atoms. The summed E-state index contributed by atoms with van der Waals surface area (Å²) in [7, 11) is 0. The predicted octanol–water partition coefficient (Wildman–Crippen LogP) is 1.68. The summed E-state index contributed by atoms with van der Waals surface area (Å²) in [6.07, 6.45) is 1.50. The number of aromatic nitrogens is 3. The van der Waals surface area contributed by atoms with Crippen molar-refractivity contribution in [3.8, 4) is 0 Å². The van der Waals surface area contributed by atoms with Crippen LogP contribution in [0.5, 0.6) is 0 Å². The molecule has 0 aliphatic rings. The molecule has 0 saturated heterocycles. The van der Waals surface area contributed by atoms with Crippen molar-refractivity contribution in [1.82, 2.24) is 15.0 Å². The van der Waals surface area contributed by atoms with E-state index in [1.807, 2.05) is 12.1 Å². The maximum Gasteiger partial charge on any atom is 0.159 e. The summed E-state index contributed by atoms with van der Waals surface area (Å²) in [6, 6.07) is 5.56. The minimum atomic E-state index is 0.0366. The molecule has 3 aromatic rings. The number of carbonyl (C=O) groups is 1. The van der Waals surface area contributed by atoms with Crippen LogP contribution in [-0.2, 0) is 0 Å². The zero-order chi connectivity index (χ0) is 14.1. The van der Waals surface area contributed by atoms with Gasteiger partial charge in [-0.3, -0.25) is 4.79 Å². The largest absolute Gasteiger partial charge is 0.368 e. The lowest BCUT2D eigenvalue weighted by molar-refractivity contribution is 0.101. The standard InChI is InChI=1S/C14H15N5O/c1-8(20)9-2-3-11-10(6-9)12-13(16-5-4-15)17-7-18-14(12)19-11/h2-3,6-7H,4-5,15H2,1H3,(H2,16,17,18,19). The zero-order valence-electron chi connectivity index (χ0n) is 11.1.